The van der Waals surface area contributed by atoms with E-state index in [9.17, 15) is 4.79 Å². The SMILES string of the molecule is CCC1CCC(N)C(Sc2ccc(NC(C)=O)cc2)C1. The van der Waals surface area contributed by atoms with Gasteiger partial charge >= 0.3 is 0 Å². The van der Waals surface area contributed by atoms with Crippen LogP contribution in [0.2, 0.25) is 0 Å². The van der Waals surface area contributed by atoms with Crippen molar-refractivity contribution < 1.29 is 4.79 Å². The Hall–Kier alpha value is -1.00. The fraction of sp³-hybridized carbons (Fsp3) is 0.562. The fourth-order valence-corrected chi connectivity index (χ4v) is 4.06. The molecule has 1 aromatic rings. The quantitative estimate of drug-likeness (QED) is 0.890. The average Bonchev–Trinajstić information content (AvgIpc) is 2.43. The Kier molecular flexibility index (Phi) is 5.49. The summed E-state index contributed by atoms with van der Waals surface area (Å²) in [6, 6.07) is 8.35. The third-order valence-corrected chi connectivity index (χ3v) is 5.38. The molecule has 0 heterocycles. The summed E-state index contributed by atoms with van der Waals surface area (Å²) >= 11 is 1.88. The first-order valence-corrected chi connectivity index (χ1v) is 8.26. The van der Waals surface area contributed by atoms with Gasteiger partial charge in [0.1, 0.15) is 0 Å². The van der Waals surface area contributed by atoms with Gasteiger partial charge in [-0.05, 0) is 49.4 Å². The number of anilines is 1. The summed E-state index contributed by atoms with van der Waals surface area (Å²) in [5, 5.41) is 3.30. The molecule has 0 aliphatic heterocycles. The number of amides is 1. The van der Waals surface area contributed by atoms with Gasteiger partial charge in [-0.2, -0.15) is 0 Å². The molecule has 0 saturated heterocycles. The second kappa shape index (κ2) is 7.14. The molecular weight excluding hydrogens is 268 g/mol. The molecule has 1 fully saturated rings. The number of hydrogen-bond donors (Lipinski definition) is 2. The maximum absolute atomic E-state index is 11.0. The van der Waals surface area contributed by atoms with Crippen molar-refractivity contribution >= 4 is 23.4 Å². The number of carbonyl (C=O) groups excluding carboxylic acids is 1. The predicted octanol–water partition coefficient (Wildman–Crippen LogP) is 3.64. The first-order valence-electron chi connectivity index (χ1n) is 7.38. The molecule has 1 amide bonds. The topological polar surface area (TPSA) is 55.1 Å². The molecule has 3 unspecified atom stereocenters. The molecular formula is C16H24N2OS. The minimum atomic E-state index is -0.0366. The normalized spacial score (nSPS) is 26.2. The zero-order chi connectivity index (χ0) is 14.5. The van der Waals surface area contributed by atoms with Crippen LogP contribution in [-0.4, -0.2) is 17.2 Å². The molecule has 110 valence electrons. The molecule has 2 rings (SSSR count). The van der Waals surface area contributed by atoms with Gasteiger partial charge in [0.2, 0.25) is 5.91 Å². The lowest BCUT2D eigenvalue weighted by Gasteiger charge is -2.33. The summed E-state index contributed by atoms with van der Waals surface area (Å²) in [7, 11) is 0. The summed E-state index contributed by atoms with van der Waals surface area (Å²) in [5.74, 6) is 0.788. The third kappa shape index (κ3) is 4.25. The van der Waals surface area contributed by atoms with Crippen LogP contribution in [-0.2, 0) is 4.79 Å². The van der Waals surface area contributed by atoms with E-state index in [2.05, 4.69) is 24.4 Å². The van der Waals surface area contributed by atoms with Crippen LogP contribution in [0.4, 0.5) is 5.69 Å². The number of benzene rings is 1. The minimum Gasteiger partial charge on any atom is -0.327 e. The van der Waals surface area contributed by atoms with Gasteiger partial charge in [-0.25, -0.2) is 0 Å². The Labute approximate surface area is 125 Å². The minimum absolute atomic E-state index is 0.0366. The van der Waals surface area contributed by atoms with Crippen molar-refractivity contribution in [2.75, 3.05) is 5.32 Å². The molecule has 3 atom stereocenters. The van der Waals surface area contributed by atoms with Crippen LogP contribution in [0, 0.1) is 5.92 Å². The lowest BCUT2D eigenvalue weighted by Crippen LogP contribution is -2.38. The Morgan fingerprint density at radius 1 is 1.35 bits per heavy atom. The number of hydrogen-bond acceptors (Lipinski definition) is 3. The Morgan fingerprint density at radius 3 is 2.65 bits per heavy atom. The molecule has 0 radical (unpaired) electrons. The van der Waals surface area contributed by atoms with Gasteiger partial charge in [0.15, 0.2) is 0 Å². The van der Waals surface area contributed by atoms with E-state index in [1.54, 1.807) is 0 Å². The van der Waals surface area contributed by atoms with Gasteiger partial charge in [-0.15, -0.1) is 11.8 Å². The molecule has 1 saturated carbocycles. The first kappa shape index (κ1) is 15.4. The van der Waals surface area contributed by atoms with Gasteiger partial charge < -0.3 is 11.1 Å². The van der Waals surface area contributed by atoms with Crippen molar-refractivity contribution in [3.05, 3.63) is 24.3 Å². The molecule has 0 aromatic heterocycles. The number of carbonyl (C=O) groups is 1. The van der Waals surface area contributed by atoms with Crippen molar-refractivity contribution in [3.8, 4) is 0 Å². The van der Waals surface area contributed by atoms with Crippen LogP contribution in [0.3, 0.4) is 0 Å². The number of nitrogens with two attached hydrogens (primary N) is 1. The molecule has 0 spiro atoms. The van der Waals surface area contributed by atoms with E-state index >= 15 is 0 Å². The maximum Gasteiger partial charge on any atom is 0.221 e. The maximum atomic E-state index is 11.0. The van der Waals surface area contributed by atoms with E-state index in [0.29, 0.717) is 11.3 Å². The standard InChI is InChI=1S/C16H24N2OS/c1-3-12-4-9-15(17)16(10-12)20-14-7-5-13(6-8-14)18-11(2)19/h5-8,12,15-16H,3-4,9-10,17H2,1-2H3,(H,18,19). The van der Waals surface area contributed by atoms with Crippen LogP contribution in [0.15, 0.2) is 29.2 Å². The van der Waals surface area contributed by atoms with Crippen LogP contribution >= 0.6 is 11.8 Å². The molecule has 1 aliphatic carbocycles. The highest BCUT2D eigenvalue weighted by molar-refractivity contribution is 8.00. The summed E-state index contributed by atoms with van der Waals surface area (Å²) in [4.78, 5) is 12.2. The van der Waals surface area contributed by atoms with Crippen molar-refractivity contribution in [1.82, 2.24) is 0 Å². The van der Waals surface area contributed by atoms with E-state index in [1.165, 1.54) is 31.1 Å². The average molecular weight is 292 g/mol. The number of thioether (sulfide) groups is 1. The van der Waals surface area contributed by atoms with Crippen molar-refractivity contribution in [2.45, 2.75) is 55.7 Å². The smallest absolute Gasteiger partial charge is 0.221 e. The van der Waals surface area contributed by atoms with Gasteiger partial charge in [-0.1, -0.05) is 13.3 Å². The molecule has 20 heavy (non-hydrogen) atoms. The van der Waals surface area contributed by atoms with Crippen molar-refractivity contribution in [1.29, 1.82) is 0 Å². The van der Waals surface area contributed by atoms with Gasteiger partial charge in [-0.3, -0.25) is 4.79 Å². The van der Waals surface area contributed by atoms with Crippen molar-refractivity contribution in [3.63, 3.8) is 0 Å². The van der Waals surface area contributed by atoms with E-state index in [-0.39, 0.29) is 5.91 Å². The number of nitrogens with one attached hydrogen (secondary N) is 1. The van der Waals surface area contributed by atoms with Crippen LogP contribution < -0.4 is 11.1 Å². The second-order valence-electron chi connectivity index (χ2n) is 5.61. The summed E-state index contributed by atoms with van der Waals surface area (Å²) in [6.07, 6.45) is 4.89. The molecule has 4 heteroatoms. The van der Waals surface area contributed by atoms with E-state index in [0.717, 1.165) is 18.0 Å². The van der Waals surface area contributed by atoms with Crippen LogP contribution in [0.5, 0.6) is 0 Å². The first-order chi connectivity index (χ1) is 9.58. The molecule has 1 aromatic carbocycles. The lowest BCUT2D eigenvalue weighted by molar-refractivity contribution is -0.114. The highest BCUT2D eigenvalue weighted by Crippen LogP contribution is 2.37. The zero-order valence-electron chi connectivity index (χ0n) is 12.3. The van der Waals surface area contributed by atoms with Crippen LogP contribution in [0.25, 0.3) is 0 Å². The van der Waals surface area contributed by atoms with Gasteiger partial charge in [0.25, 0.3) is 0 Å². The largest absolute Gasteiger partial charge is 0.327 e. The Bertz CT molecular complexity index is 446. The van der Waals surface area contributed by atoms with Gasteiger partial charge in [0.05, 0.1) is 0 Å². The fourth-order valence-electron chi connectivity index (χ4n) is 2.74. The summed E-state index contributed by atoms with van der Waals surface area (Å²) in [5.41, 5.74) is 7.11. The highest BCUT2D eigenvalue weighted by atomic mass is 32.2. The summed E-state index contributed by atoms with van der Waals surface area (Å²) in [6.45, 7) is 3.79. The molecule has 3 N–H and O–H groups in total. The van der Waals surface area contributed by atoms with E-state index in [1.807, 2.05) is 23.9 Å². The molecule has 0 bridgehead atoms. The van der Waals surface area contributed by atoms with Gasteiger partial charge in [0, 0.05) is 28.8 Å². The zero-order valence-corrected chi connectivity index (χ0v) is 13.1. The highest BCUT2D eigenvalue weighted by Gasteiger charge is 2.27. The van der Waals surface area contributed by atoms with E-state index in [4.69, 9.17) is 5.73 Å². The predicted molar refractivity (Wildman–Crippen MR) is 86.0 cm³/mol. The van der Waals surface area contributed by atoms with Crippen molar-refractivity contribution in [2.24, 2.45) is 11.7 Å². The Balaban J connectivity index is 1.96. The monoisotopic (exact) mass is 292 g/mol. The molecule has 3 nitrogen and oxygen atoms in total. The third-order valence-electron chi connectivity index (χ3n) is 3.99. The lowest BCUT2D eigenvalue weighted by atomic mass is 9.84. The van der Waals surface area contributed by atoms with E-state index < -0.39 is 0 Å². The second-order valence-corrected chi connectivity index (χ2v) is 6.93. The summed E-state index contributed by atoms with van der Waals surface area (Å²) < 4.78 is 0. The molecule has 1 aliphatic rings. The number of rotatable bonds is 4. The van der Waals surface area contributed by atoms with Crippen LogP contribution in [0.1, 0.15) is 39.5 Å². The Morgan fingerprint density at radius 2 is 2.05 bits per heavy atom.